The van der Waals surface area contributed by atoms with E-state index >= 15 is 0 Å². The Labute approximate surface area is 196 Å². The lowest BCUT2D eigenvalue weighted by Gasteiger charge is -2.25. The van der Waals surface area contributed by atoms with E-state index < -0.39 is 12.2 Å². The average Bonchev–Trinajstić information content (AvgIpc) is 3.12. The first-order chi connectivity index (χ1) is 15.5. The number of benzene rings is 2. The predicted octanol–water partition coefficient (Wildman–Crippen LogP) is 5.92. The van der Waals surface area contributed by atoms with Crippen LogP contribution in [0.4, 0.5) is 0 Å². The molecule has 6 nitrogen and oxygen atoms in total. The molecule has 1 aliphatic heterocycles. The largest absolute Gasteiger partial charge is 0.493 e. The molecule has 2 heterocycles. The Morgan fingerprint density at radius 1 is 1.03 bits per heavy atom. The molecule has 2 aromatic carbocycles. The number of carbonyl (C=O) groups is 1. The number of para-hydroxylation sites is 1. The van der Waals surface area contributed by atoms with E-state index in [0.29, 0.717) is 28.1 Å². The molecule has 0 N–H and O–H groups in total. The number of fused-ring (bicyclic) bond motifs is 3. The number of nitrogens with zero attached hydrogens (tertiary/aromatic N) is 1. The van der Waals surface area contributed by atoms with Crippen molar-refractivity contribution in [2.24, 2.45) is 0 Å². The van der Waals surface area contributed by atoms with E-state index in [1.54, 1.807) is 14.2 Å². The summed E-state index contributed by atoms with van der Waals surface area (Å²) in [5, 5.41) is 1.10. The quantitative estimate of drug-likeness (QED) is 0.414. The maximum absolute atomic E-state index is 11.9. The van der Waals surface area contributed by atoms with Gasteiger partial charge < -0.3 is 23.5 Å². The topological polar surface area (TPSA) is 58.9 Å². The molecular weight excluding hydrogens is 453 g/mol. The number of ether oxygens (including phenoxy) is 4. The third-order valence-corrected chi connectivity index (χ3v) is 6.09. The predicted molar refractivity (Wildman–Crippen MR) is 122 cm³/mol. The van der Waals surface area contributed by atoms with Gasteiger partial charge in [-0.15, -0.1) is 0 Å². The molecule has 8 heteroatoms. The van der Waals surface area contributed by atoms with Crippen LogP contribution in [-0.4, -0.2) is 31.9 Å². The van der Waals surface area contributed by atoms with E-state index in [-0.39, 0.29) is 12.4 Å². The summed E-state index contributed by atoms with van der Waals surface area (Å²) < 4.78 is 24.6. The summed E-state index contributed by atoms with van der Waals surface area (Å²) in [5.74, 6) is 0.846. The molecule has 0 radical (unpaired) electrons. The maximum Gasteiger partial charge on any atom is 0.305 e. The highest BCUT2D eigenvalue weighted by atomic mass is 35.5. The number of methoxy groups -OCH3 is 3. The van der Waals surface area contributed by atoms with E-state index in [9.17, 15) is 4.79 Å². The monoisotopic (exact) mass is 475 g/mol. The summed E-state index contributed by atoms with van der Waals surface area (Å²) in [7, 11) is 4.55. The average molecular weight is 476 g/mol. The van der Waals surface area contributed by atoms with Gasteiger partial charge in [0.2, 0.25) is 0 Å². The fraction of sp³-hybridized carbons (Fsp3) is 0.292. The number of aromatic nitrogens is 1. The molecule has 0 saturated carbocycles. The van der Waals surface area contributed by atoms with Gasteiger partial charge in [-0.1, -0.05) is 35.3 Å². The maximum atomic E-state index is 11.9. The molecule has 0 amide bonds. The second-order valence-electron chi connectivity index (χ2n) is 7.32. The van der Waals surface area contributed by atoms with Gasteiger partial charge in [0, 0.05) is 22.6 Å². The van der Waals surface area contributed by atoms with Crippen LogP contribution in [0.5, 0.6) is 11.5 Å². The van der Waals surface area contributed by atoms with Gasteiger partial charge in [-0.3, -0.25) is 4.79 Å². The molecule has 0 fully saturated rings. The van der Waals surface area contributed by atoms with Crippen LogP contribution in [0.3, 0.4) is 0 Å². The van der Waals surface area contributed by atoms with Gasteiger partial charge in [0.1, 0.15) is 11.3 Å². The van der Waals surface area contributed by atoms with Crippen molar-refractivity contribution in [3.05, 3.63) is 75.5 Å². The van der Waals surface area contributed by atoms with Gasteiger partial charge in [0.15, 0.2) is 11.5 Å². The molecule has 0 spiro atoms. The third kappa shape index (κ3) is 4.06. The van der Waals surface area contributed by atoms with Gasteiger partial charge in [-0.2, -0.15) is 0 Å². The van der Waals surface area contributed by atoms with Crippen LogP contribution in [0.1, 0.15) is 41.9 Å². The number of esters is 1. The van der Waals surface area contributed by atoms with Crippen molar-refractivity contribution in [3.8, 4) is 17.2 Å². The lowest BCUT2D eigenvalue weighted by atomic mass is 9.98. The Bertz CT molecular complexity index is 1140. The van der Waals surface area contributed by atoms with Crippen molar-refractivity contribution in [1.29, 1.82) is 0 Å². The van der Waals surface area contributed by atoms with E-state index in [4.69, 9.17) is 42.1 Å². The summed E-state index contributed by atoms with van der Waals surface area (Å²) in [5.41, 5.74) is 3.28. The molecule has 1 aliphatic rings. The van der Waals surface area contributed by atoms with Crippen molar-refractivity contribution in [1.82, 2.24) is 4.57 Å². The van der Waals surface area contributed by atoms with Crippen molar-refractivity contribution in [3.63, 3.8) is 0 Å². The molecule has 32 heavy (non-hydrogen) atoms. The second-order valence-corrected chi connectivity index (χ2v) is 8.15. The van der Waals surface area contributed by atoms with Crippen molar-refractivity contribution >= 4 is 29.2 Å². The highest BCUT2D eigenvalue weighted by Gasteiger charge is 2.34. The Hall–Kier alpha value is -2.67. The van der Waals surface area contributed by atoms with E-state index in [1.807, 2.05) is 53.1 Å². The minimum absolute atomic E-state index is 0.197. The smallest absolute Gasteiger partial charge is 0.305 e. The van der Waals surface area contributed by atoms with Crippen LogP contribution in [-0.2, 0) is 14.3 Å². The zero-order valence-corrected chi connectivity index (χ0v) is 19.4. The Kier molecular flexibility index (Phi) is 6.65. The van der Waals surface area contributed by atoms with Crippen molar-refractivity contribution < 1.29 is 23.7 Å². The normalized spacial score (nSPS) is 17.2. The van der Waals surface area contributed by atoms with Crippen LogP contribution in [0.15, 0.2) is 48.5 Å². The molecule has 4 rings (SSSR count). The van der Waals surface area contributed by atoms with Crippen LogP contribution >= 0.6 is 23.2 Å². The minimum atomic E-state index is -0.549. The minimum Gasteiger partial charge on any atom is -0.493 e. The first kappa shape index (κ1) is 22.5. The fourth-order valence-electron chi connectivity index (χ4n) is 4.10. The first-order valence-electron chi connectivity index (χ1n) is 10.1. The lowest BCUT2D eigenvalue weighted by Crippen LogP contribution is -2.13. The van der Waals surface area contributed by atoms with Crippen molar-refractivity contribution in [2.45, 2.75) is 25.0 Å². The lowest BCUT2D eigenvalue weighted by molar-refractivity contribution is -0.141. The molecule has 0 saturated heterocycles. The summed E-state index contributed by atoms with van der Waals surface area (Å²) in [6, 6.07) is 15.0. The second kappa shape index (κ2) is 9.45. The van der Waals surface area contributed by atoms with Crippen molar-refractivity contribution in [2.75, 3.05) is 21.3 Å². The van der Waals surface area contributed by atoms with E-state index in [0.717, 1.165) is 22.5 Å². The highest BCUT2D eigenvalue weighted by molar-refractivity contribution is 6.31. The summed E-state index contributed by atoms with van der Waals surface area (Å²) in [6.07, 6.45) is -0.373. The van der Waals surface area contributed by atoms with Crippen LogP contribution in [0, 0.1) is 0 Å². The summed E-state index contributed by atoms with van der Waals surface area (Å²) in [6.45, 7) is 0. The third-order valence-electron chi connectivity index (χ3n) is 5.56. The molecule has 0 bridgehead atoms. The van der Waals surface area contributed by atoms with E-state index in [2.05, 4.69) is 0 Å². The Morgan fingerprint density at radius 2 is 1.84 bits per heavy atom. The SMILES string of the molecule is COC(=O)CC[C@H]1O[C@H](c2cccc(OC)c2OC)c2cc(Cl)ccc2-n2c(Cl)ccc21. The summed E-state index contributed by atoms with van der Waals surface area (Å²) >= 11 is 13.0. The molecular formula is C24H23Cl2NO5. The Balaban J connectivity index is 1.92. The van der Waals surface area contributed by atoms with Crippen LogP contribution < -0.4 is 9.47 Å². The zero-order valence-electron chi connectivity index (χ0n) is 17.9. The first-order valence-corrected chi connectivity index (χ1v) is 10.8. The summed E-state index contributed by atoms with van der Waals surface area (Å²) in [4.78, 5) is 11.9. The molecule has 1 aromatic heterocycles. The van der Waals surface area contributed by atoms with Gasteiger partial charge in [0.25, 0.3) is 0 Å². The molecule has 0 aliphatic carbocycles. The number of rotatable bonds is 6. The molecule has 2 atom stereocenters. The molecule has 168 valence electrons. The number of hydrogen-bond acceptors (Lipinski definition) is 5. The zero-order chi connectivity index (χ0) is 22.8. The van der Waals surface area contributed by atoms with Gasteiger partial charge >= 0.3 is 5.97 Å². The number of carbonyl (C=O) groups excluding carboxylic acids is 1. The Morgan fingerprint density at radius 3 is 2.56 bits per heavy atom. The standard InChI is InChI=1S/C24H23Cl2NO5/c1-29-20-6-4-5-15(24(20)31-3)23-16-13-14(25)7-8-17(16)27-18(9-11-21(27)26)19(32-23)10-12-22(28)30-2/h4-9,11,13,19,23H,10,12H2,1-3H3/t19-,23-/m1/s1. The van der Waals surface area contributed by atoms with Gasteiger partial charge in [-0.25, -0.2) is 0 Å². The number of halogens is 2. The van der Waals surface area contributed by atoms with E-state index in [1.165, 1.54) is 7.11 Å². The molecule has 0 unspecified atom stereocenters. The fourth-order valence-corrected chi connectivity index (χ4v) is 4.54. The number of hydrogen-bond donors (Lipinski definition) is 0. The van der Waals surface area contributed by atoms with Crippen LogP contribution in [0.25, 0.3) is 5.69 Å². The molecule has 3 aromatic rings. The van der Waals surface area contributed by atoms with Crippen LogP contribution in [0.2, 0.25) is 10.2 Å². The highest BCUT2D eigenvalue weighted by Crippen LogP contribution is 2.47. The van der Waals surface area contributed by atoms with Gasteiger partial charge in [-0.05, 0) is 42.8 Å². The van der Waals surface area contributed by atoms with Gasteiger partial charge in [0.05, 0.1) is 38.8 Å².